The van der Waals surface area contributed by atoms with E-state index in [1.807, 2.05) is 4.90 Å². The number of ether oxygens (including phenoxy) is 1. The third kappa shape index (κ3) is 5.95. The molecule has 1 N–H and O–H groups in total. The number of nitrogens with zero attached hydrogens (tertiary/aromatic N) is 2. The number of halogens is 2. The van der Waals surface area contributed by atoms with Crippen LogP contribution in [0.3, 0.4) is 0 Å². The number of thiocarbonyl (C=S) groups is 1. The summed E-state index contributed by atoms with van der Waals surface area (Å²) in [5.41, 5.74) is 1.29. The highest BCUT2D eigenvalue weighted by atomic mass is 32.1. The summed E-state index contributed by atoms with van der Waals surface area (Å²) in [6.07, 6.45) is 0. The maximum absolute atomic E-state index is 14.0. The molecule has 0 bridgehead atoms. The fraction of sp³-hybridized carbons (Fsp3) is 0.350. The summed E-state index contributed by atoms with van der Waals surface area (Å²) >= 11 is 5.54. The van der Waals surface area contributed by atoms with Crippen molar-refractivity contribution in [1.82, 2.24) is 9.80 Å². The number of para-hydroxylation sites is 1. The van der Waals surface area contributed by atoms with Gasteiger partial charge < -0.3 is 15.0 Å². The number of nitrogens with one attached hydrogen (secondary N) is 1. The zero-order valence-electron chi connectivity index (χ0n) is 15.0. The first-order chi connectivity index (χ1) is 13.1. The molecule has 144 valence electrons. The third-order valence-electron chi connectivity index (χ3n) is 4.48. The fourth-order valence-corrected chi connectivity index (χ4v) is 3.17. The number of hydrogen-bond acceptors (Lipinski definition) is 3. The standard InChI is InChI=1S/C20H23F2N3OS/c21-17-7-5-16(6-8-17)15-25(10-9-24-11-13-26-14-12-24)20(27)23-19-4-2-1-3-18(19)22/h1-8H,9-15H2,(H,23,27). The molecule has 0 saturated carbocycles. The minimum absolute atomic E-state index is 0.273. The monoisotopic (exact) mass is 391 g/mol. The largest absolute Gasteiger partial charge is 0.379 e. The molecule has 1 saturated heterocycles. The van der Waals surface area contributed by atoms with Crippen LogP contribution in [-0.2, 0) is 11.3 Å². The average molecular weight is 391 g/mol. The fourth-order valence-electron chi connectivity index (χ4n) is 2.91. The molecule has 7 heteroatoms. The SMILES string of the molecule is Fc1ccc(CN(CCN2CCOCC2)C(=S)Nc2ccccc2F)cc1. The lowest BCUT2D eigenvalue weighted by atomic mass is 10.2. The molecule has 0 atom stereocenters. The van der Waals surface area contributed by atoms with Crippen molar-refractivity contribution in [2.75, 3.05) is 44.7 Å². The molecule has 3 rings (SSSR count). The number of benzene rings is 2. The summed E-state index contributed by atoms with van der Waals surface area (Å²) in [7, 11) is 0. The molecule has 2 aromatic rings. The lowest BCUT2D eigenvalue weighted by molar-refractivity contribution is 0.0358. The average Bonchev–Trinajstić information content (AvgIpc) is 2.69. The van der Waals surface area contributed by atoms with Crippen LogP contribution in [0, 0.1) is 11.6 Å². The van der Waals surface area contributed by atoms with Gasteiger partial charge in [0.1, 0.15) is 11.6 Å². The van der Waals surface area contributed by atoms with Gasteiger partial charge in [-0.3, -0.25) is 4.90 Å². The molecule has 1 fully saturated rings. The first kappa shape index (κ1) is 19.7. The van der Waals surface area contributed by atoms with E-state index in [1.54, 1.807) is 30.3 Å². The Labute approximate surface area is 163 Å². The normalized spacial score (nSPS) is 14.7. The topological polar surface area (TPSA) is 27.7 Å². The van der Waals surface area contributed by atoms with Crippen molar-refractivity contribution >= 4 is 23.0 Å². The summed E-state index contributed by atoms with van der Waals surface area (Å²) < 4.78 is 32.5. The molecule has 1 aliphatic heterocycles. The molecule has 1 aliphatic rings. The second kappa shape index (κ2) is 9.73. The Morgan fingerprint density at radius 1 is 1.07 bits per heavy atom. The van der Waals surface area contributed by atoms with Gasteiger partial charge in [0.2, 0.25) is 0 Å². The van der Waals surface area contributed by atoms with Gasteiger partial charge in [-0.15, -0.1) is 0 Å². The van der Waals surface area contributed by atoms with Crippen LogP contribution in [0.15, 0.2) is 48.5 Å². The Bertz CT molecular complexity index is 751. The van der Waals surface area contributed by atoms with E-state index in [4.69, 9.17) is 17.0 Å². The molecule has 2 aromatic carbocycles. The Hall–Kier alpha value is -2.09. The molecule has 0 aliphatic carbocycles. The van der Waals surface area contributed by atoms with Gasteiger partial charge in [0.05, 0.1) is 18.9 Å². The van der Waals surface area contributed by atoms with E-state index >= 15 is 0 Å². The van der Waals surface area contributed by atoms with Crippen LogP contribution in [0.4, 0.5) is 14.5 Å². The highest BCUT2D eigenvalue weighted by Gasteiger charge is 2.16. The predicted octanol–water partition coefficient (Wildman–Crippen LogP) is 3.50. The van der Waals surface area contributed by atoms with Gasteiger partial charge in [0.15, 0.2) is 5.11 Å². The van der Waals surface area contributed by atoms with E-state index in [9.17, 15) is 8.78 Å². The van der Waals surface area contributed by atoms with Crippen LogP contribution >= 0.6 is 12.2 Å². The van der Waals surface area contributed by atoms with Gasteiger partial charge in [0.25, 0.3) is 0 Å². The maximum atomic E-state index is 14.0. The Kier molecular flexibility index (Phi) is 7.09. The van der Waals surface area contributed by atoms with Crippen LogP contribution in [0.25, 0.3) is 0 Å². The Balaban J connectivity index is 1.68. The predicted molar refractivity (Wildman–Crippen MR) is 107 cm³/mol. The summed E-state index contributed by atoms with van der Waals surface area (Å²) in [4.78, 5) is 4.29. The molecule has 0 amide bonds. The van der Waals surface area contributed by atoms with E-state index in [0.29, 0.717) is 23.9 Å². The van der Waals surface area contributed by atoms with Gasteiger partial charge in [0, 0.05) is 32.7 Å². The van der Waals surface area contributed by atoms with E-state index < -0.39 is 0 Å². The van der Waals surface area contributed by atoms with Crippen molar-refractivity contribution in [3.05, 3.63) is 65.7 Å². The van der Waals surface area contributed by atoms with Gasteiger partial charge in [-0.1, -0.05) is 24.3 Å². The Morgan fingerprint density at radius 3 is 2.48 bits per heavy atom. The molecule has 1 heterocycles. The van der Waals surface area contributed by atoms with E-state index in [1.165, 1.54) is 18.2 Å². The number of rotatable bonds is 6. The van der Waals surface area contributed by atoms with Crippen molar-refractivity contribution in [3.8, 4) is 0 Å². The van der Waals surface area contributed by atoms with Crippen molar-refractivity contribution in [2.24, 2.45) is 0 Å². The second-order valence-electron chi connectivity index (χ2n) is 6.41. The van der Waals surface area contributed by atoms with Crippen molar-refractivity contribution in [3.63, 3.8) is 0 Å². The summed E-state index contributed by atoms with van der Waals surface area (Å²) in [5, 5.41) is 3.44. The summed E-state index contributed by atoms with van der Waals surface area (Å²) in [6, 6.07) is 12.8. The van der Waals surface area contributed by atoms with Crippen LogP contribution in [0.1, 0.15) is 5.56 Å². The Morgan fingerprint density at radius 2 is 1.78 bits per heavy atom. The van der Waals surface area contributed by atoms with Crippen molar-refractivity contribution in [1.29, 1.82) is 0 Å². The quantitative estimate of drug-likeness (QED) is 0.761. The lowest BCUT2D eigenvalue weighted by Gasteiger charge is -2.31. The summed E-state index contributed by atoms with van der Waals surface area (Å²) in [6.45, 7) is 5.26. The zero-order chi connectivity index (χ0) is 19.1. The zero-order valence-corrected chi connectivity index (χ0v) is 15.9. The minimum Gasteiger partial charge on any atom is -0.379 e. The van der Waals surface area contributed by atoms with Gasteiger partial charge in [-0.2, -0.15) is 0 Å². The highest BCUT2D eigenvalue weighted by Crippen LogP contribution is 2.15. The molecule has 0 spiro atoms. The van der Waals surface area contributed by atoms with E-state index in [-0.39, 0.29) is 11.6 Å². The molecule has 0 unspecified atom stereocenters. The van der Waals surface area contributed by atoms with Crippen LogP contribution < -0.4 is 5.32 Å². The highest BCUT2D eigenvalue weighted by molar-refractivity contribution is 7.80. The van der Waals surface area contributed by atoms with E-state index in [2.05, 4.69) is 10.2 Å². The summed E-state index contributed by atoms with van der Waals surface area (Å²) in [5.74, 6) is -0.625. The van der Waals surface area contributed by atoms with Crippen LogP contribution in [-0.4, -0.2) is 54.3 Å². The molecular weight excluding hydrogens is 368 g/mol. The van der Waals surface area contributed by atoms with Crippen LogP contribution in [0.5, 0.6) is 0 Å². The number of anilines is 1. The first-order valence-corrected chi connectivity index (χ1v) is 9.37. The third-order valence-corrected chi connectivity index (χ3v) is 4.84. The number of hydrogen-bond donors (Lipinski definition) is 1. The molecule has 0 radical (unpaired) electrons. The van der Waals surface area contributed by atoms with E-state index in [0.717, 1.165) is 38.4 Å². The smallest absolute Gasteiger partial charge is 0.173 e. The molecular formula is C20H23F2N3OS. The van der Waals surface area contributed by atoms with Gasteiger partial charge in [-0.25, -0.2) is 8.78 Å². The molecule has 0 aromatic heterocycles. The van der Waals surface area contributed by atoms with Crippen LogP contribution in [0.2, 0.25) is 0 Å². The van der Waals surface area contributed by atoms with Gasteiger partial charge >= 0.3 is 0 Å². The lowest BCUT2D eigenvalue weighted by Crippen LogP contribution is -2.44. The van der Waals surface area contributed by atoms with Crippen molar-refractivity contribution in [2.45, 2.75) is 6.54 Å². The second-order valence-corrected chi connectivity index (χ2v) is 6.80. The minimum atomic E-state index is -0.352. The maximum Gasteiger partial charge on any atom is 0.173 e. The van der Waals surface area contributed by atoms with Crippen molar-refractivity contribution < 1.29 is 13.5 Å². The first-order valence-electron chi connectivity index (χ1n) is 8.97. The van der Waals surface area contributed by atoms with Gasteiger partial charge in [-0.05, 0) is 42.0 Å². The molecule has 27 heavy (non-hydrogen) atoms. The molecule has 4 nitrogen and oxygen atoms in total. The number of morpholine rings is 1.